The molecule has 0 aliphatic rings. The standard InChI is InChI=1S/C20H15N3O4/c1-12-6-7-17-21-14(9-18(24)23(17)10-12)11-27-20(26)16-8-13-4-2-3-5-15(13)19(25)22-16/h2-10H,11H2,1H3,(H,22,25). The number of esters is 1. The monoisotopic (exact) mass is 361 g/mol. The van der Waals surface area contributed by atoms with Crippen molar-refractivity contribution in [2.75, 3.05) is 0 Å². The van der Waals surface area contributed by atoms with Crippen molar-refractivity contribution < 1.29 is 9.53 Å². The number of hydrogen-bond acceptors (Lipinski definition) is 5. The molecule has 3 aromatic heterocycles. The van der Waals surface area contributed by atoms with Gasteiger partial charge in [-0.25, -0.2) is 9.78 Å². The van der Waals surface area contributed by atoms with Crippen molar-refractivity contribution in [1.82, 2.24) is 14.4 Å². The first kappa shape index (κ1) is 16.7. The SMILES string of the molecule is Cc1ccc2nc(COC(=O)c3cc4ccccc4c(=O)[nH]3)cc(=O)n2c1. The van der Waals surface area contributed by atoms with Crippen LogP contribution in [0.2, 0.25) is 0 Å². The minimum atomic E-state index is -0.691. The Morgan fingerprint density at radius 1 is 1.15 bits per heavy atom. The molecule has 27 heavy (non-hydrogen) atoms. The fourth-order valence-electron chi connectivity index (χ4n) is 2.87. The van der Waals surface area contributed by atoms with Crippen molar-refractivity contribution in [1.29, 1.82) is 0 Å². The molecule has 0 spiro atoms. The summed E-state index contributed by atoms with van der Waals surface area (Å²) < 4.78 is 6.66. The molecular weight excluding hydrogens is 346 g/mol. The third kappa shape index (κ3) is 3.22. The number of rotatable bonds is 3. The van der Waals surface area contributed by atoms with Crippen LogP contribution in [0.5, 0.6) is 0 Å². The Balaban J connectivity index is 1.59. The van der Waals surface area contributed by atoms with Gasteiger partial charge in [0.1, 0.15) is 17.9 Å². The van der Waals surface area contributed by atoms with E-state index in [1.54, 1.807) is 42.6 Å². The largest absolute Gasteiger partial charge is 0.455 e. The number of hydrogen-bond donors (Lipinski definition) is 1. The first-order valence-electron chi connectivity index (χ1n) is 8.29. The molecule has 0 radical (unpaired) electrons. The van der Waals surface area contributed by atoms with E-state index < -0.39 is 5.97 Å². The lowest BCUT2D eigenvalue weighted by molar-refractivity contribution is 0.0460. The van der Waals surface area contributed by atoms with Gasteiger partial charge < -0.3 is 9.72 Å². The molecule has 0 saturated heterocycles. The summed E-state index contributed by atoms with van der Waals surface area (Å²) in [6, 6.07) is 13.4. The van der Waals surface area contributed by atoms with E-state index >= 15 is 0 Å². The van der Waals surface area contributed by atoms with Gasteiger partial charge >= 0.3 is 5.97 Å². The Morgan fingerprint density at radius 2 is 1.96 bits per heavy atom. The topological polar surface area (TPSA) is 93.5 Å². The zero-order valence-electron chi connectivity index (χ0n) is 14.4. The first-order chi connectivity index (χ1) is 13.0. The summed E-state index contributed by atoms with van der Waals surface area (Å²) in [5, 5.41) is 1.14. The lowest BCUT2D eigenvalue weighted by Crippen LogP contribution is -2.18. The summed E-state index contributed by atoms with van der Waals surface area (Å²) in [5.41, 5.74) is 1.17. The normalized spacial score (nSPS) is 11.0. The van der Waals surface area contributed by atoms with Gasteiger partial charge in [0.05, 0.1) is 5.69 Å². The molecule has 0 aliphatic heterocycles. The number of fused-ring (bicyclic) bond motifs is 2. The lowest BCUT2D eigenvalue weighted by atomic mass is 10.1. The fourth-order valence-corrected chi connectivity index (χ4v) is 2.87. The van der Waals surface area contributed by atoms with E-state index in [0.29, 0.717) is 22.1 Å². The second-order valence-corrected chi connectivity index (χ2v) is 6.20. The van der Waals surface area contributed by atoms with Crippen molar-refractivity contribution in [2.45, 2.75) is 13.5 Å². The van der Waals surface area contributed by atoms with Gasteiger partial charge in [-0.3, -0.25) is 14.0 Å². The number of aromatic nitrogens is 3. The van der Waals surface area contributed by atoms with Gasteiger partial charge in [-0.1, -0.05) is 24.3 Å². The van der Waals surface area contributed by atoms with Crippen LogP contribution in [0.3, 0.4) is 0 Å². The van der Waals surface area contributed by atoms with Crippen LogP contribution in [-0.4, -0.2) is 20.3 Å². The van der Waals surface area contributed by atoms with Crippen LogP contribution in [0.1, 0.15) is 21.7 Å². The van der Waals surface area contributed by atoms with Crippen LogP contribution in [0.25, 0.3) is 16.4 Å². The van der Waals surface area contributed by atoms with Crippen LogP contribution in [0.4, 0.5) is 0 Å². The van der Waals surface area contributed by atoms with E-state index in [1.807, 2.05) is 13.0 Å². The molecule has 0 fully saturated rings. The molecule has 0 bridgehead atoms. The molecule has 7 heteroatoms. The number of aryl methyl sites for hydroxylation is 1. The van der Waals surface area contributed by atoms with Crippen molar-refractivity contribution in [2.24, 2.45) is 0 Å². The van der Waals surface area contributed by atoms with Crippen molar-refractivity contribution in [3.8, 4) is 0 Å². The van der Waals surface area contributed by atoms with Gasteiger partial charge in [0, 0.05) is 17.6 Å². The molecule has 4 aromatic rings. The zero-order chi connectivity index (χ0) is 19.0. The summed E-state index contributed by atoms with van der Waals surface area (Å²) in [5.74, 6) is -0.691. The van der Waals surface area contributed by atoms with Crippen molar-refractivity contribution in [3.05, 3.63) is 92.4 Å². The number of carbonyl (C=O) groups excluding carboxylic acids is 1. The molecular formula is C20H15N3O4. The summed E-state index contributed by atoms with van der Waals surface area (Å²) in [4.78, 5) is 43.4. The number of benzene rings is 1. The summed E-state index contributed by atoms with van der Waals surface area (Å²) in [7, 11) is 0. The number of aromatic amines is 1. The van der Waals surface area contributed by atoms with Gasteiger partial charge in [-0.2, -0.15) is 0 Å². The minimum absolute atomic E-state index is 0.0480. The Labute approximate surface area is 152 Å². The maximum Gasteiger partial charge on any atom is 0.355 e. The zero-order valence-corrected chi connectivity index (χ0v) is 14.4. The van der Waals surface area contributed by atoms with Crippen molar-refractivity contribution in [3.63, 3.8) is 0 Å². The summed E-state index contributed by atoms with van der Waals surface area (Å²) >= 11 is 0. The number of carbonyl (C=O) groups is 1. The Morgan fingerprint density at radius 3 is 2.81 bits per heavy atom. The number of ether oxygens (including phenoxy) is 1. The summed E-state index contributed by atoms with van der Waals surface area (Å²) in [6.45, 7) is 1.71. The van der Waals surface area contributed by atoms with E-state index in [9.17, 15) is 14.4 Å². The Bertz CT molecular complexity index is 1300. The predicted octanol–water partition coefficient (Wildman–Crippen LogP) is 2.20. The number of pyridine rings is 2. The second kappa shape index (κ2) is 6.53. The van der Waals surface area contributed by atoms with Crippen LogP contribution in [0.15, 0.2) is 64.3 Å². The lowest BCUT2D eigenvalue weighted by Gasteiger charge is -2.07. The smallest absolute Gasteiger partial charge is 0.355 e. The summed E-state index contributed by atoms with van der Waals surface area (Å²) in [6.07, 6.45) is 1.69. The van der Waals surface area contributed by atoms with E-state index in [1.165, 1.54) is 10.5 Å². The molecule has 0 atom stereocenters. The van der Waals surface area contributed by atoms with Gasteiger partial charge in [0.25, 0.3) is 11.1 Å². The fraction of sp³-hybridized carbons (Fsp3) is 0.100. The third-order valence-electron chi connectivity index (χ3n) is 4.19. The van der Waals surface area contributed by atoms with Gasteiger partial charge in [-0.05, 0) is 36.1 Å². The molecule has 0 saturated carbocycles. The third-order valence-corrected chi connectivity index (χ3v) is 4.19. The van der Waals surface area contributed by atoms with Gasteiger partial charge in [-0.15, -0.1) is 0 Å². The van der Waals surface area contributed by atoms with E-state index in [2.05, 4.69) is 9.97 Å². The van der Waals surface area contributed by atoms with Crippen LogP contribution < -0.4 is 11.1 Å². The van der Waals surface area contributed by atoms with Crippen LogP contribution in [0, 0.1) is 6.92 Å². The second-order valence-electron chi connectivity index (χ2n) is 6.20. The average Bonchev–Trinajstić information content (AvgIpc) is 2.66. The van der Waals surface area contributed by atoms with E-state index in [4.69, 9.17) is 4.74 Å². The molecule has 0 unspecified atom stereocenters. The molecule has 134 valence electrons. The number of nitrogens with zero attached hydrogens (tertiary/aromatic N) is 2. The predicted molar refractivity (Wildman–Crippen MR) is 99.9 cm³/mol. The molecule has 1 N–H and O–H groups in total. The Kier molecular flexibility index (Phi) is 4.04. The molecule has 3 heterocycles. The van der Waals surface area contributed by atoms with Crippen molar-refractivity contribution >= 4 is 22.4 Å². The first-order valence-corrected chi connectivity index (χ1v) is 8.29. The quantitative estimate of drug-likeness (QED) is 0.565. The minimum Gasteiger partial charge on any atom is -0.455 e. The van der Waals surface area contributed by atoms with Crippen LogP contribution >= 0.6 is 0 Å². The van der Waals surface area contributed by atoms with Gasteiger partial charge in [0.15, 0.2) is 0 Å². The van der Waals surface area contributed by atoms with E-state index in [-0.39, 0.29) is 23.4 Å². The highest BCUT2D eigenvalue weighted by molar-refractivity contribution is 5.92. The maximum absolute atomic E-state index is 12.3. The maximum atomic E-state index is 12.3. The molecule has 4 rings (SSSR count). The van der Waals surface area contributed by atoms with Gasteiger partial charge in [0.2, 0.25) is 0 Å². The molecule has 0 amide bonds. The molecule has 1 aromatic carbocycles. The highest BCUT2D eigenvalue weighted by atomic mass is 16.5. The number of nitrogens with one attached hydrogen (secondary N) is 1. The highest BCUT2D eigenvalue weighted by Crippen LogP contribution is 2.11. The van der Waals surface area contributed by atoms with E-state index in [0.717, 1.165) is 5.56 Å². The molecule has 7 nitrogen and oxygen atoms in total. The average molecular weight is 361 g/mol. The Hall–Kier alpha value is -3.74. The van der Waals surface area contributed by atoms with Crippen LogP contribution in [-0.2, 0) is 11.3 Å². The molecule has 0 aliphatic carbocycles. The highest BCUT2D eigenvalue weighted by Gasteiger charge is 2.12. The number of H-pyrrole nitrogens is 1.